The van der Waals surface area contributed by atoms with Crippen molar-refractivity contribution < 1.29 is 9.13 Å². The molecular formula is C14H16BrFO. The Morgan fingerprint density at radius 1 is 1.24 bits per heavy atom. The second-order valence-corrected chi connectivity index (χ2v) is 6.27. The summed E-state index contributed by atoms with van der Waals surface area (Å²) in [6.07, 6.45) is 5.47. The standard InChI is InChI=1S/C14H16BrFO/c15-12-5-13(16)7-14(6-12)17-8-11-4-9-1-2-10(11)3-9/h5-7,9-11H,1-4,8H2. The monoisotopic (exact) mass is 298 g/mol. The molecule has 3 heteroatoms. The molecule has 0 aromatic heterocycles. The van der Waals surface area contributed by atoms with Crippen molar-refractivity contribution in [3.63, 3.8) is 0 Å². The second-order valence-electron chi connectivity index (χ2n) is 5.35. The number of benzene rings is 1. The zero-order chi connectivity index (χ0) is 11.8. The van der Waals surface area contributed by atoms with Gasteiger partial charge < -0.3 is 4.74 Å². The molecule has 3 rings (SSSR count). The molecular weight excluding hydrogens is 283 g/mol. The van der Waals surface area contributed by atoms with Crippen LogP contribution in [0.3, 0.4) is 0 Å². The van der Waals surface area contributed by atoms with Gasteiger partial charge in [0, 0.05) is 10.5 Å². The normalized spacial score (nSPS) is 30.8. The molecule has 0 amide bonds. The van der Waals surface area contributed by atoms with E-state index in [0.29, 0.717) is 11.7 Å². The summed E-state index contributed by atoms with van der Waals surface area (Å²) >= 11 is 3.28. The summed E-state index contributed by atoms with van der Waals surface area (Å²) in [5.41, 5.74) is 0. The molecule has 92 valence electrons. The highest BCUT2D eigenvalue weighted by atomic mass is 79.9. The fourth-order valence-electron chi connectivity index (χ4n) is 3.40. The third-order valence-corrected chi connectivity index (χ3v) is 4.64. The van der Waals surface area contributed by atoms with Crippen LogP contribution in [0.15, 0.2) is 22.7 Å². The van der Waals surface area contributed by atoms with Gasteiger partial charge in [-0.3, -0.25) is 0 Å². The van der Waals surface area contributed by atoms with Gasteiger partial charge in [-0.05, 0) is 49.1 Å². The largest absolute Gasteiger partial charge is 0.493 e. The molecule has 2 aliphatic rings. The summed E-state index contributed by atoms with van der Waals surface area (Å²) in [5, 5.41) is 0. The molecule has 2 fully saturated rings. The highest BCUT2D eigenvalue weighted by molar-refractivity contribution is 9.10. The lowest BCUT2D eigenvalue weighted by molar-refractivity contribution is 0.194. The van der Waals surface area contributed by atoms with Crippen LogP contribution in [0.25, 0.3) is 0 Å². The Morgan fingerprint density at radius 2 is 2.12 bits per heavy atom. The van der Waals surface area contributed by atoms with Crippen LogP contribution in [0.1, 0.15) is 25.7 Å². The highest BCUT2D eigenvalue weighted by Crippen LogP contribution is 2.48. The van der Waals surface area contributed by atoms with E-state index in [-0.39, 0.29) is 5.82 Å². The van der Waals surface area contributed by atoms with E-state index >= 15 is 0 Å². The Kier molecular flexibility index (Phi) is 3.12. The van der Waals surface area contributed by atoms with Crippen LogP contribution in [0.4, 0.5) is 4.39 Å². The van der Waals surface area contributed by atoms with E-state index in [1.54, 1.807) is 0 Å². The van der Waals surface area contributed by atoms with Crippen LogP contribution in [0.2, 0.25) is 0 Å². The van der Waals surface area contributed by atoms with Crippen LogP contribution in [-0.4, -0.2) is 6.61 Å². The molecule has 2 aliphatic carbocycles. The molecule has 3 atom stereocenters. The molecule has 0 N–H and O–H groups in total. The molecule has 3 unspecified atom stereocenters. The predicted octanol–water partition coefficient (Wildman–Crippen LogP) is 4.40. The summed E-state index contributed by atoms with van der Waals surface area (Å²) < 4.78 is 19.6. The minimum absolute atomic E-state index is 0.248. The van der Waals surface area contributed by atoms with Crippen LogP contribution in [-0.2, 0) is 0 Å². The quantitative estimate of drug-likeness (QED) is 0.803. The topological polar surface area (TPSA) is 9.23 Å². The van der Waals surface area contributed by atoms with Gasteiger partial charge in [0.1, 0.15) is 11.6 Å². The van der Waals surface area contributed by atoms with Gasteiger partial charge in [0.15, 0.2) is 0 Å². The molecule has 2 bridgehead atoms. The van der Waals surface area contributed by atoms with Crippen molar-refractivity contribution in [2.75, 3.05) is 6.61 Å². The van der Waals surface area contributed by atoms with Gasteiger partial charge >= 0.3 is 0 Å². The van der Waals surface area contributed by atoms with Crippen molar-refractivity contribution in [2.24, 2.45) is 17.8 Å². The van der Waals surface area contributed by atoms with E-state index in [1.807, 2.05) is 6.07 Å². The van der Waals surface area contributed by atoms with Gasteiger partial charge in [0.05, 0.1) is 6.61 Å². The minimum atomic E-state index is -0.248. The second kappa shape index (κ2) is 4.60. The maximum Gasteiger partial charge on any atom is 0.128 e. The van der Waals surface area contributed by atoms with Crippen molar-refractivity contribution in [3.05, 3.63) is 28.5 Å². The summed E-state index contributed by atoms with van der Waals surface area (Å²) in [7, 11) is 0. The first-order chi connectivity index (χ1) is 8.20. The lowest BCUT2D eigenvalue weighted by Crippen LogP contribution is -2.18. The van der Waals surface area contributed by atoms with Gasteiger partial charge in [0.25, 0.3) is 0 Å². The maximum absolute atomic E-state index is 13.2. The molecule has 17 heavy (non-hydrogen) atoms. The van der Waals surface area contributed by atoms with E-state index in [1.165, 1.54) is 37.8 Å². The van der Waals surface area contributed by atoms with Crippen molar-refractivity contribution >= 4 is 15.9 Å². The Hall–Kier alpha value is -0.570. The fraction of sp³-hybridized carbons (Fsp3) is 0.571. The lowest BCUT2D eigenvalue weighted by atomic mass is 9.89. The third kappa shape index (κ3) is 2.49. The summed E-state index contributed by atoms with van der Waals surface area (Å²) in [5.74, 6) is 2.88. The van der Waals surface area contributed by atoms with Crippen molar-refractivity contribution in [2.45, 2.75) is 25.7 Å². The van der Waals surface area contributed by atoms with Crippen molar-refractivity contribution in [1.29, 1.82) is 0 Å². The average molecular weight is 299 g/mol. The molecule has 0 aliphatic heterocycles. The van der Waals surface area contributed by atoms with Crippen molar-refractivity contribution in [3.8, 4) is 5.75 Å². The van der Waals surface area contributed by atoms with Crippen LogP contribution >= 0.6 is 15.9 Å². The first kappa shape index (κ1) is 11.5. The summed E-state index contributed by atoms with van der Waals surface area (Å²) in [4.78, 5) is 0. The molecule has 2 saturated carbocycles. The highest BCUT2D eigenvalue weighted by Gasteiger charge is 2.39. The fourth-order valence-corrected chi connectivity index (χ4v) is 3.84. The Balaban J connectivity index is 1.60. The van der Waals surface area contributed by atoms with E-state index in [4.69, 9.17) is 4.74 Å². The summed E-state index contributed by atoms with van der Waals surface area (Å²) in [6, 6.07) is 4.73. The minimum Gasteiger partial charge on any atom is -0.493 e. The molecule has 0 radical (unpaired) electrons. The van der Waals surface area contributed by atoms with E-state index in [9.17, 15) is 4.39 Å². The lowest BCUT2D eigenvalue weighted by Gasteiger charge is -2.21. The average Bonchev–Trinajstić information content (AvgIpc) is 2.86. The van der Waals surface area contributed by atoms with Crippen LogP contribution in [0, 0.1) is 23.6 Å². The molecule has 1 aromatic rings. The van der Waals surface area contributed by atoms with Crippen LogP contribution in [0.5, 0.6) is 5.75 Å². The Morgan fingerprint density at radius 3 is 2.76 bits per heavy atom. The first-order valence-electron chi connectivity index (χ1n) is 6.29. The zero-order valence-electron chi connectivity index (χ0n) is 9.66. The Bertz CT molecular complexity index is 400. The van der Waals surface area contributed by atoms with E-state index in [2.05, 4.69) is 15.9 Å². The number of rotatable bonds is 3. The number of hydrogen-bond donors (Lipinski definition) is 0. The van der Waals surface area contributed by atoms with Crippen LogP contribution < -0.4 is 4.74 Å². The van der Waals surface area contributed by atoms with Gasteiger partial charge in [-0.15, -0.1) is 0 Å². The number of fused-ring (bicyclic) bond motifs is 2. The van der Waals surface area contributed by atoms with Gasteiger partial charge in [-0.2, -0.15) is 0 Å². The first-order valence-corrected chi connectivity index (χ1v) is 7.09. The smallest absolute Gasteiger partial charge is 0.128 e. The molecule has 0 heterocycles. The number of halogens is 2. The van der Waals surface area contributed by atoms with Gasteiger partial charge in [-0.25, -0.2) is 4.39 Å². The van der Waals surface area contributed by atoms with Crippen molar-refractivity contribution in [1.82, 2.24) is 0 Å². The summed E-state index contributed by atoms with van der Waals surface area (Å²) in [6.45, 7) is 0.747. The number of hydrogen-bond acceptors (Lipinski definition) is 1. The van der Waals surface area contributed by atoms with E-state index < -0.39 is 0 Å². The molecule has 1 aromatic carbocycles. The molecule has 1 nitrogen and oxygen atoms in total. The molecule has 0 spiro atoms. The third-order valence-electron chi connectivity index (χ3n) is 4.18. The molecule has 0 saturated heterocycles. The van der Waals surface area contributed by atoms with E-state index in [0.717, 1.165) is 22.9 Å². The SMILES string of the molecule is Fc1cc(Br)cc(OCC2CC3CCC2C3)c1. The number of ether oxygens (including phenoxy) is 1. The maximum atomic E-state index is 13.2. The predicted molar refractivity (Wildman–Crippen MR) is 68.5 cm³/mol. The van der Waals surface area contributed by atoms with Gasteiger partial charge in [-0.1, -0.05) is 22.4 Å². The zero-order valence-corrected chi connectivity index (χ0v) is 11.2. The van der Waals surface area contributed by atoms with Gasteiger partial charge in [0.2, 0.25) is 0 Å². The Labute approximate surface area is 109 Å².